The Kier molecular flexibility index (Phi) is 3.79. The maximum atomic E-state index is 13.0. The van der Waals surface area contributed by atoms with Gasteiger partial charge >= 0.3 is 5.97 Å². The third-order valence-electron chi connectivity index (χ3n) is 7.69. The smallest absolute Gasteiger partial charge is 0.334 e. The van der Waals surface area contributed by atoms with Crippen LogP contribution in [-0.4, -0.2) is 36.6 Å². The van der Waals surface area contributed by atoms with E-state index in [1.54, 1.807) is 0 Å². The molecule has 2 heterocycles. The van der Waals surface area contributed by atoms with E-state index in [1.165, 1.54) is 43.5 Å². The molecule has 0 radical (unpaired) electrons. The second-order valence-electron chi connectivity index (χ2n) is 8.57. The zero-order valence-corrected chi connectivity index (χ0v) is 15.9. The second kappa shape index (κ2) is 5.95. The summed E-state index contributed by atoms with van der Waals surface area (Å²) < 4.78 is 5.53. The van der Waals surface area contributed by atoms with E-state index in [1.807, 2.05) is 6.92 Å². The first-order chi connectivity index (χ1) is 12.7. The maximum absolute atomic E-state index is 13.0. The molecule has 3 heteroatoms. The molecule has 0 spiro atoms. The molecule has 1 aromatic carbocycles. The predicted molar refractivity (Wildman–Crippen MR) is 102 cm³/mol. The van der Waals surface area contributed by atoms with E-state index in [2.05, 4.69) is 42.2 Å². The van der Waals surface area contributed by atoms with E-state index in [9.17, 15) is 4.79 Å². The van der Waals surface area contributed by atoms with E-state index in [4.69, 9.17) is 4.74 Å². The van der Waals surface area contributed by atoms with Gasteiger partial charge in [-0.25, -0.2) is 4.79 Å². The highest BCUT2D eigenvalue weighted by molar-refractivity contribution is 5.91. The van der Waals surface area contributed by atoms with Gasteiger partial charge in [-0.05, 0) is 68.7 Å². The Hall–Kier alpha value is -1.61. The van der Waals surface area contributed by atoms with E-state index < -0.39 is 0 Å². The molecule has 3 unspecified atom stereocenters. The van der Waals surface area contributed by atoms with Gasteiger partial charge in [-0.15, -0.1) is 0 Å². The highest BCUT2D eigenvalue weighted by Crippen LogP contribution is 2.63. The summed E-state index contributed by atoms with van der Waals surface area (Å²) in [5.41, 5.74) is 3.98. The topological polar surface area (TPSA) is 29.5 Å². The largest absolute Gasteiger partial charge is 0.463 e. The summed E-state index contributed by atoms with van der Waals surface area (Å²) in [6, 6.07) is 9.46. The molecular weight excluding hydrogens is 322 g/mol. The lowest BCUT2D eigenvalue weighted by molar-refractivity contribution is -0.140. The van der Waals surface area contributed by atoms with Gasteiger partial charge in [0.2, 0.25) is 0 Å². The molecule has 0 bridgehead atoms. The first-order valence-electron chi connectivity index (χ1n) is 10.4. The molecule has 0 aromatic heterocycles. The average Bonchev–Trinajstić information content (AvgIpc) is 3.02. The number of hydrogen-bond acceptors (Lipinski definition) is 3. The fraction of sp³-hybridized carbons (Fsp3) is 0.609. The van der Waals surface area contributed by atoms with Crippen LogP contribution in [0.3, 0.4) is 0 Å². The molecule has 2 fully saturated rings. The standard InChI is InChI=1S/C23H29NO2/c1-3-23-11-7-12-24-13-10-17-15-8-5-6-9-16(15)19(20(17)21(23)24)18(14-23)22(25)26-4-2/h5-6,8-9,14,17,19-21H,3-4,7,10-13H2,1-2H3/t17?,19?,20?,21-,23+/m1/s1. The molecule has 1 aromatic rings. The minimum Gasteiger partial charge on any atom is -0.463 e. The van der Waals surface area contributed by atoms with Crippen molar-refractivity contribution in [3.05, 3.63) is 47.0 Å². The number of esters is 1. The monoisotopic (exact) mass is 351 g/mol. The van der Waals surface area contributed by atoms with E-state index in [-0.39, 0.29) is 17.3 Å². The first-order valence-corrected chi connectivity index (χ1v) is 10.4. The molecule has 2 saturated heterocycles. The minimum atomic E-state index is -0.0816. The van der Waals surface area contributed by atoms with Crippen molar-refractivity contribution in [1.29, 1.82) is 0 Å². The molecule has 3 nitrogen and oxygen atoms in total. The van der Waals surface area contributed by atoms with Gasteiger partial charge in [-0.3, -0.25) is 4.90 Å². The van der Waals surface area contributed by atoms with Gasteiger partial charge in [0.25, 0.3) is 0 Å². The van der Waals surface area contributed by atoms with Crippen molar-refractivity contribution in [2.24, 2.45) is 11.3 Å². The molecule has 5 atom stereocenters. The van der Waals surface area contributed by atoms with Crippen molar-refractivity contribution >= 4 is 5.97 Å². The van der Waals surface area contributed by atoms with E-state index >= 15 is 0 Å². The van der Waals surface area contributed by atoms with Crippen LogP contribution in [0.4, 0.5) is 0 Å². The summed E-state index contributed by atoms with van der Waals surface area (Å²) in [5, 5.41) is 0. The van der Waals surface area contributed by atoms with Crippen LogP contribution in [0, 0.1) is 11.3 Å². The number of carbonyl (C=O) groups excluding carboxylic acids is 1. The SMILES string of the molecule is CCOC(=O)C1=C[C@]2(CC)CCCN3CCC4c5ccccc5C1C4[C@@H]32. The maximum Gasteiger partial charge on any atom is 0.334 e. The molecule has 2 aliphatic carbocycles. The van der Waals surface area contributed by atoms with Crippen molar-refractivity contribution in [2.75, 3.05) is 19.7 Å². The quantitative estimate of drug-likeness (QED) is 0.763. The lowest BCUT2D eigenvalue weighted by Crippen LogP contribution is -2.61. The van der Waals surface area contributed by atoms with Crippen molar-refractivity contribution in [3.8, 4) is 0 Å². The minimum absolute atomic E-state index is 0.0816. The zero-order chi connectivity index (χ0) is 17.9. The zero-order valence-electron chi connectivity index (χ0n) is 15.9. The lowest BCUT2D eigenvalue weighted by Gasteiger charge is -2.59. The van der Waals surface area contributed by atoms with Crippen LogP contribution in [-0.2, 0) is 9.53 Å². The fourth-order valence-electron chi connectivity index (χ4n) is 6.79. The van der Waals surface area contributed by atoms with Crippen LogP contribution >= 0.6 is 0 Å². The number of rotatable bonds is 3. The van der Waals surface area contributed by atoms with Crippen molar-refractivity contribution < 1.29 is 9.53 Å². The lowest BCUT2D eigenvalue weighted by atomic mass is 9.55. The van der Waals surface area contributed by atoms with Gasteiger partial charge in [-0.2, -0.15) is 0 Å². The van der Waals surface area contributed by atoms with Crippen LogP contribution in [0.5, 0.6) is 0 Å². The van der Waals surface area contributed by atoms with Gasteiger partial charge in [0, 0.05) is 22.9 Å². The number of fused-ring (bicyclic) bond motifs is 3. The van der Waals surface area contributed by atoms with Crippen LogP contribution in [0.15, 0.2) is 35.9 Å². The summed E-state index contributed by atoms with van der Waals surface area (Å²) in [4.78, 5) is 15.7. The number of hydrogen-bond donors (Lipinski definition) is 0. The predicted octanol–water partition coefficient (Wildman–Crippen LogP) is 4.25. The van der Waals surface area contributed by atoms with Gasteiger partial charge in [0.15, 0.2) is 0 Å². The third-order valence-corrected chi connectivity index (χ3v) is 7.69. The summed E-state index contributed by atoms with van der Waals surface area (Å²) in [6.45, 7) is 7.11. The molecule has 0 N–H and O–H groups in total. The van der Waals surface area contributed by atoms with Crippen molar-refractivity contribution in [3.63, 3.8) is 0 Å². The summed E-state index contributed by atoms with van der Waals surface area (Å²) in [5.74, 6) is 1.27. The molecule has 4 aliphatic rings. The Bertz CT molecular complexity index is 769. The van der Waals surface area contributed by atoms with E-state index in [0.717, 1.165) is 12.0 Å². The Morgan fingerprint density at radius 1 is 1.23 bits per heavy atom. The average molecular weight is 351 g/mol. The molecule has 26 heavy (non-hydrogen) atoms. The molecule has 0 amide bonds. The van der Waals surface area contributed by atoms with Gasteiger partial charge in [-0.1, -0.05) is 37.3 Å². The van der Waals surface area contributed by atoms with Crippen LogP contribution in [0.25, 0.3) is 0 Å². The summed E-state index contributed by atoms with van der Waals surface area (Å²) >= 11 is 0. The van der Waals surface area contributed by atoms with Gasteiger partial charge in [0.1, 0.15) is 0 Å². The molecule has 5 rings (SSSR count). The van der Waals surface area contributed by atoms with Crippen molar-refractivity contribution in [2.45, 2.75) is 57.4 Å². The second-order valence-corrected chi connectivity index (χ2v) is 8.57. The summed E-state index contributed by atoms with van der Waals surface area (Å²) in [6.07, 6.45) is 7.16. The Balaban J connectivity index is 1.72. The number of nitrogens with zero attached hydrogens (tertiary/aromatic N) is 1. The van der Waals surface area contributed by atoms with Gasteiger partial charge in [0.05, 0.1) is 6.61 Å². The fourth-order valence-corrected chi connectivity index (χ4v) is 6.79. The normalized spacial score (nSPS) is 37.5. The van der Waals surface area contributed by atoms with Gasteiger partial charge < -0.3 is 4.74 Å². The Labute approximate surface area is 156 Å². The Morgan fingerprint density at radius 2 is 2.04 bits per heavy atom. The van der Waals surface area contributed by atoms with Crippen LogP contribution < -0.4 is 0 Å². The molecular formula is C23H29NO2. The first kappa shape index (κ1) is 16.6. The highest BCUT2D eigenvalue weighted by atomic mass is 16.5. The number of benzene rings is 1. The van der Waals surface area contributed by atoms with Crippen LogP contribution in [0.2, 0.25) is 0 Å². The van der Waals surface area contributed by atoms with Crippen molar-refractivity contribution in [1.82, 2.24) is 4.90 Å². The molecule has 0 saturated carbocycles. The Morgan fingerprint density at radius 3 is 2.81 bits per heavy atom. The number of ether oxygens (including phenoxy) is 1. The number of piperidine rings is 2. The number of carbonyl (C=O) groups is 1. The van der Waals surface area contributed by atoms with E-state index in [0.29, 0.717) is 24.5 Å². The molecule has 138 valence electrons. The van der Waals surface area contributed by atoms with Crippen LogP contribution in [0.1, 0.15) is 62.5 Å². The highest BCUT2D eigenvalue weighted by Gasteiger charge is 2.60. The summed E-state index contributed by atoms with van der Waals surface area (Å²) in [7, 11) is 0. The third kappa shape index (κ3) is 2.07. The molecule has 2 aliphatic heterocycles.